The largest absolute Gasteiger partial charge is 0.354 e. The number of aromatic nitrogens is 2. The Labute approximate surface area is 192 Å². The summed E-state index contributed by atoms with van der Waals surface area (Å²) in [4.78, 5) is 16.1. The first-order valence-corrected chi connectivity index (χ1v) is 11.6. The summed E-state index contributed by atoms with van der Waals surface area (Å²) in [7, 11) is 0. The molecule has 2 heterocycles. The Balaban J connectivity index is 1.38. The summed E-state index contributed by atoms with van der Waals surface area (Å²) >= 11 is 7.86. The molecule has 1 atom stereocenters. The average molecular weight is 453 g/mol. The highest BCUT2D eigenvalue weighted by molar-refractivity contribution is 7.99. The molecule has 0 spiro atoms. The molecule has 7 heteroatoms. The predicted molar refractivity (Wildman–Crippen MR) is 127 cm³/mol. The fourth-order valence-electron chi connectivity index (χ4n) is 3.62. The molecule has 0 aliphatic carbocycles. The number of nitrogens with one attached hydrogen (secondary N) is 1. The Morgan fingerprint density at radius 3 is 2.55 bits per heavy atom. The van der Waals surface area contributed by atoms with Gasteiger partial charge in [0, 0.05) is 18.0 Å². The van der Waals surface area contributed by atoms with Crippen LogP contribution in [0.2, 0.25) is 5.02 Å². The van der Waals surface area contributed by atoms with Gasteiger partial charge in [0.1, 0.15) is 5.03 Å². The molecule has 4 rings (SSSR count). The van der Waals surface area contributed by atoms with E-state index < -0.39 is 0 Å². The molecule has 0 saturated carbocycles. The van der Waals surface area contributed by atoms with Crippen LogP contribution < -0.4 is 10.2 Å². The first-order chi connectivity index (χ1) is 15.0. The van der Waals surface area contributed by atoms with Crippen LogP contribution in [0.1, 0.15) is 24.0 Å². The van der Waals surface area contributed by atoms with Gasteiger partial charge in [-0.15, -0.1) is 10.2 Å². The maximum absolute atomic E-state index is 12.8. The molecule has 1 aromatic heterocycles. The number of carbonyl (C=O) groups is 1. The first-order valence-electron chi connectivity index (χ1n) is 10.4. The smallest absolute Gasteiger partial charge is 0.229 e. The van der Waals surface area contributed by atoms with E-state index in [4.69, 9.17) is 11.6 Å². The standard InChI is InChI=1S/C24H25ClN4OS/c1-16-5-8-19(9-6-16)31-23-12-11-22(27-28-23)29-13-3-4-18(15-29)24(30)26-21-10-7-17(2)14-20(21)25/h5-12,14,18H,3-4,13,15H2,1-2H3,(H,26,30)/t18-/m1/s1. The minimum Gasteiger partial charge on any atom is -0.354 e. The average Bonchev–Trinajstić information content (AvgIpc) is 2.78. The van der Waals surface area contributed by atoms with Crippen molar-refractivity contribution >= 4 is 40.8 Å². The summed E-state index contributed by atoms with van der Waals surface area (Å²) in [6.45, 7) is 5.54. The van der Waals surface area contributed by atoms with Crippen molar-refractivity contribution in [2.75, 3.05) is 23.3 Å². The topological polar surface area (TPSA) is 58.1 Å². The fraction of sp³-hybridized carbons (Fsp3) is 0.292. The van der Waals surface area contributed by atoms with Crippen LogP contribution in [0.5, 0.6) is 0 Å². The van der Waals surface area contributed by atoms with E-state index in [-0.39, 0.29) is 11.8 Å². The second-order valence-electron chi connectivity index (χ2n) is 7.90. The molecule has 5 nitrogen and oxygen atoms in total. The van der Waals surface area contributed by atoms with Gasteiger partial charge in [0.05, 0.1) is 16.6 Å². The van der Waals surface area contributed by atoms with Crippen LogP contribution in [-0.2, 0) is 4.79 Å². The summed E-state index contributed by atoms with van der Waals surface area (Å²) in [5.41, 5.74) is 2.96. The number of aryl methyl sites for hydroxylation is 2. The van der Waals surface area contributed by atoms with Crippen LogP contribution in [0, 0.1) is 19.8 Å². The van der Waals surface area contributed by atoms with Gasteiger partial charge in [-0.3, -0.25) is 4.79 Å². The van der Waals surface area contributed by atoms with E-state index in [0.717, 1.165) is 40.7 Å². The Hall–Kier alpha value is -2.57. The van der Waals surface area contributed by atoms with E-state index in [9.17, 15) is 4.79 Å². The zero-order valence-electron chi connectivity index (χ0n) is 17.6. The maximum Gasteiger partial charge on any atom is 0.229 e. The van der Waals surface area contributed by atoms with Crippen LogP contribution in [0.4, 0.5) is 11.5 Å². The first kappa shape index (κ1) is 21.7. The molecule has 31 heavy (non-hydrogen) atoms. The predicted octanol–water partition coefficient (Wildman–Crippen LogP) is 5.75. The van der Waals surface area contributed by atoms with Crippen LogP contribution in [0.15, 0.2) is 64.5 Å². The number of anilines is 2. The van der Waals surface area contributed by atoms with Gasteiger partial charge in [0.25, 0.3) is 0 Å². The third-order valence-electron chi connectivity index (χ3n) is 5.37. The van der Waals surface area contributed by atoms with Crippen molar-refractivity contribution in [3.05, 3.63) is 70.7 Å². The third-order valence-corrected chi connectivity index (χ3v) is 6.62. The molecule has 1 amide bonds. The number of halogens is 1. The molecule has 1 N–H and O–H groups in total. The van der Waals surface area contributed by atoms with E-state index in [2.05, 4.69) is 51.6 Å². The third kappa shape index (κ3) is 5.57. The summed E-state index contributed by atoms with van der Waals surface area (Å²) in [5.74, 6) is 0.684. The SMILES string of the molecule is Cc1ccc(Sc2ccc(N3CCC[C@@H](C(=O)Nc4ccc(C)cc4Cl)C3)nn2)cc1. The molecule has 1 aliphatic heterocycles. The lowest BCUT2D eigenvalue weighted by atomic mass is 9.97. The molecule has 0 unspecified atom stereocenters. The van der Waals surface area contributed by atoms with Crippen molar-refractivity contribution in [1.29, 1.82) is 0 Å². The molecule has 1 aliphatic rings. The summed E-state index contributed by atoms with van der Waals surface area (Å²) < 4.78 is 0. The number of hydrogen-bond donors (Lipinski definition) is 1. The summed E-state index contributed by atoms with van der Waals surface area (Å²) in [5, 5.41) is 13.2. The minimum atomic E-state index is -0.116. The molecule has 3 aromatic rings. The van der Waals surface area contributed by atoms with Crippen LogP contribution in [-0.4, -0.2) is 29.2 Å². The van der Waals surface area contributed by atoms with E-state index in [1.165, 1.54) is 5.56 Å². The van der Waals surface area contributed by atoms with Gasteiger partial charge in [-0.2, -0.15) is 0 Å². The van der Waals surface area contributed by atoms with Crippen LogP contribution in [0.25, 0.3) is 0 Å². The van der Waals surface area contributed by atoms with Crippen molar-refractivity contribution in [1.82, 2.24) is 10.2 Å². The van der Waals surface area contributed by atoms with Crippen molar-refractivity contribution in [3.8, 4) is 0 Å². The van der Waals surface area contributed by atoms with Gasteiger partial charge in [-0.25, -0.2) is 0 Å². The second-order valence-corrected chi connectivity index (χ2v) is 9.40. The Bertz CT molecular complexity index is 1060. The molecule has 1 fully saturated rings. The van der Waals surface area contributed by atoms with Gasteiger partial charge < -0.3 is 10.2 Å². The van der Waals surface area contributed by atoms with Gasteiger partial charge in [0.15, 0.2) is 5.82 Å². The number of benzene rings is 2. The van der Waals surface area contributed by atoms with E-state index in [1.807, 2.05) is 37.3 Å². The number of amides is 1. The van der Waals surface area contributed by atoms with Crippen molar-refractivity contribution in [3.63, 3.8) is 0 Å². The lowest BCUT2D eigenvalue weighted by Crippen LogP contribution is -2.41. The van der Waals surface area contributed by atoms with Crippen molar-refractivity contribution < 1.29 is 4.79 Å². The Morgan fingerprint density at radius 1 is 1.06 bits per heavy atom. The number of piperidine rings is 1. The molecule has 1 saturated heterocycles. The molecule has 0 radical (unpaired) electrons. The quantitative estimate of drug-likeness (QED) is 0.533. The molecular formula is C24H25ClN4OS. The van der Waals surface area contributed by atoms with Gasteiger partial charge in [-0.05, 0) is 68.7 Å². The highest BCUT2D eigenvalue weighted by atomic mass is 35.5. The van der Waals surface area contributed by atoms with E-state index >= 15 is 0 Å². The minimum absolute atomic E-state index is 0.00467. The molecule has 2 aromatic carbocycles. The van der Waals surface area contributed by atoms with E-state index in [0.29, 0.717) is 17.3 Å². The zero-order valence-corrected chi connectivity index (χ0v) is 19.2. The Morgan fingerprint density at radius 2 is 1.84 bits per heavy atom. The molecular weight excluding hydrogens is 428 g/mol. The monoisotopic (exact) mass is 452 g/mol. The lowest BCUT2D eigenvalue weighted by Gasteiger charge is -2.32. The van der Waals surface area contributed by atoms with Crippen molar-refractivity contribution in [2.45, 2.75) is 36.6 Å². The zero-order chi connectivity index (χ0) is 21.8. The molecule has 0 bridgehead atoms. The lowest BCUT2D eigenvalue weighted by molar-refractivity contribution is -0.120. The number of carbonyl (C=O) groups excluding carboxylic acids is 1. The van der Waals surface area contributed by atoms with Crippen LogP contribution >= 0.6 is 23.4 Å². The van der Waals surface area contributed by atoms with Gasteiger partial charge in [-0.1, -0.05) is 47.1 Å². The highest BCUT2D eigenvalue weighted by Gasteiger charge is 2.27. The number of rotatable bonds is 5. The molecule has 160 valence electrons. The van der Waals surface area contributed by atoms with Crippen molar-refractivity contribution in [2.24, 2.45) is 5.92 Å². The van der Waals surface area contributed by atoms with Gasteiger partial charge >= 0.3 is 0 Å². The van der Waals surface area contributed by atoms with Crippen LogP contribution in [0.3, 0.4) is 0 Å². The number of nitrogens with zero attached hydrogens (tertiary/aromatic N) is 3. The van der Waals surface area contributed by atoms with Gasteiger partial charge in [0.2, 0.25) is 5.91 Å². The highest BCUT2D eigenvalue weighted by Crippen LogP contribution is 2.29. The number of hydrogen-bond acceptors (Lipinski definition) is 5. The second kappa shape index (κ2) is 9.71. The van der Waals surface area contributed by atoms with E-state index in [1.54, 1.807) is 11.8 Å². The Kier molecular flexibility index (Phi) is 6.78. The summed E-state index contributed by atoms with van der Waals surface area (Å²) in [6, 6.07) is 18.0. The normalized spacial score (nSPS) is 16.2. The summed E-state index contributed by atoms with van der Waals surface area (Å²) in [6.07, 6.45) is 1.78. The fourth-order valence-corrected chi connectivity index (χ4v) is 4.63. The maximum atomic E-state index is 12.8.